The average molecular weight is 448 g/mol. The van der Waals surface area contributed by atoms with Gasteiger partial charge in [-0.15, -0.1) is 11.3 Å². The minimum Gasteiger partial charge on any atom is -0.461 e. The van der Waals surface area contributed by atoms with Crippen LogP contribution in [0.15, 0.2) is 83.4 Å². The van der Waals surface area contributed by atoms with Gasteiger partial charge in [-0.25, -0.2) is 0 Å². The molecule has 2 nitrogen and oxygen atoms in total. The predicted octanol–water partition coefficient (Wildman–Crippen LogP) is 9.14. The van der Waals surface area contributed by atoms with Crippen LogP contribution < -0.4 is 0 Å². The number of nitrogens with zero attached hydrogens (tertiary/aromatic N) is 1. The van der Waals surface area contributed by atoms with Crippen molar-refractivity contribution in [3.63, 3.8) is 0 Å². The van der Waals surface area contributed by atoms with Crippen molar-refractivity contribution in [1.82, 2.24) is 4.98 Å². The molecule has 0 spiro atoms. The van der Waals surface area contributed by atoms with Gasteiger partial charge in [0, 0.05) is 27.6 Å². The van der Waals surface area contributed by atoms with Crippen LogP contribution in [0.2, 0.25) is 0 Å². The molecule has 0 aliphatic carbocycles. The van der Waals surface area contributed by atoms with Crippen molar-refractivity contribution < 1.29 is 4.42 Å². The molecule has 0 unspecified atom stereocenters. The van der Waals surface area contributed by atoms with E-state index in [1.54, 1.807) is 11.3 Å². The van der Waals surface area contributed by atoms with E-state index in [1.165, 1.54) is 42.4 Å². The molecule has 162 valence electrons. The topological polar surface area (TPSA) is 26.0 Å². The lowest BCUT2D eigenvalue weighted by Gasteiger charge is -2.22. The summed E-state index contributed by atoms with van der Waals surface area (Å²) in [6.07, 6.45) is 1.93. The molecule has 33 heavy (non-hydrogen) atoms. The maximum absolute atomic E-state index is 6.06. The van der Waals surface area contributed by atoms with Gasteiger partial charge in [0.25, 0.3) is 0 Å². The fourth-order valence-electron chi connectivity index (χ4n) is 4.84. The number of aromatic nitrogens is 1. The standard InChI is InChI=1S/C30H25NOS/c1-18-27(23-11-7-8-12-25(23)32-18)26-17-20-13-14-31-28(29(20)33-26)21-15-19-9-5-6-10-22(19)24(16-21)30(2,3)4/h5-17H,1-4H3. The molecule has 3 heterocycles. The molecule has 3 heteroatoms. The van der Waals surface area contributed by atoms with Crippen molar-refractivity contribution in [3.05, 3.63) is 90.3 Å². The second-order valence-corrected chi connectivity index (χ2v) is 10.8. The maximum atomic E-state index is 6.06. The Morgan fingerprint density at radius 2 is 1.58 bits per heavy atom. The lowest BCUT2D eigenvalue weighted by molar-refractivity contribution is 0.580. The Labute approximate surface area is 197 Å². The molecular formula is C30H25NOS. The number of rotatable bonds is 2. The molecule has 0 radical (unpaired) electrons. The fourth-order valence-corrected chi connectivity index (χ4v) is 6.11. The Morgan fingerprint density at radius 3 is 2.39 bits per heavy atom. The zero-order chi connectivity index (χ0) is 22.7. The quantitative estimate of drug-likeness (QED) is 0.264. The molecule has 0 aliphatic rings. The Bertz CT molecular complexity index is 1660. The van der Waals surface area contributed by atoms with Gasteiger partial charge in [-0.3, -0.25) is 4.98 Å². The van der Waals surface area contributed by atoms with Crippen LogP contribution in [0.1, 0.15) is 32.1 Å². The molecule has 6 aromatic rings. The van der Waals surface area contributed by atoms with Crippen LogP contribution in [-0.2, 0) is 5.41 Å². The Kier molecular flexibility index (Phi) is 4.46. The zero-order valence-corrected chi connectivity index (χ0v) is 20.1. The molecule has 0 fully saturated rings. The van der Waals surface area contributed by atoms with Crippen LogP contribution in [0.3, 0.4) is 0 Å². The first kappa shape index (κ1) is 20.2. The number of thiophene rings is 1. The van der Waals surface area contributed by atoms with Gasteiger partial charge in [0.05, 0.1) is 10.4 Å². The van der Waals surface area contributed by atoms with Crippen LogP contribution in [0.25, 0.3) is 53.5 Å². The third-order valence-corrected chi connectivity index (χ3v) is 7.57. The van der Waals surface area contributed by atoms with Crippen molar-refractivity contribution in [2.24, 2.45) is 0 Å². The van der Waals surface area contributed by atoms with Gasteiger partial charge in [0.15, 0.2) is 0 Å². The van der Waals surface area contributed by atoms with E-state index in [-0.39, 0.29) is 5.41 Å². The number of hydrogen-bond acceptors (Lipinski definition) is 3. The highest BCUT2D eigenvalue weighted by atomic mass is 32.1. The molecule has 0 bridgehead atoms. The highest BCUT2D eigenvalue weighted by Crippen LogP contribution is 2.44. The second-order valence-electron chi connectivity index (χ2n) is 9.71. The van der Waals surface area contributed by atoms with E-state index in [0.717, 1.165) is 22.4 Å². The predicted molar refractivity (Wildman–Crippen MR) is 141 cm³/mol. The summed E-state index contributed by atoms with van der Waals surface area (Å²) in [6, 6.07) is 26.0. The third-order valence-electron chi connectivity index (χ3n) is 6.39. The maximum Gasteiger partial charge on any atom is 0.134 e. The summed E-state index contributed by atoms with van der Waals surface area (Å²) >= 11 is 1.80. The van der Waals surface area contributed by atoms with Gasteiger partial charge in [-0.05, 0) is 64.4 Å². The number of para-hydroxylation sites is 1. The van der Waals surface area contributed by atoms with Crippen LogP contribution >= 0.6 is 11.3 Å². The van der Waals surface area contributed by atoms with Crippen molar-refractivity contribution in [3.8, 4) is 21.7 Å². The first-order valence-corrected chi connectivity index (χ1v) is 12.1. The number of hydrogen-bond donors (Lipinski definition) is 0. The van der Waals surface area contributed by atoms with E-state index in [2.05, 4.69) is 88.4 Å². The van der Waals surface area contributed by atoms with E-state index in [4.69, 9.17) is 9.40 Å². The summed E-state index contributed by atoms with van der Waals surface area (Å²) in [7, 11) is 0. The summed E-state index contributed by atoms with van der Waals surface area (Å²) in [5, 5.41) is 4.95. The van der Waals surface area contributed by atoms with Gasteiger partial charge in [-0.1, -0.05) is 63.2 Å². The smallest absolute Gasteiger partial charge is 0.134 e. The van der Waals surface area contributed by atoms with Crippen molar-refractivity contribution in [2.75, 3.05) is 0 Å². The summed E-state index contributed by atoms with van der Waals surface area (Å²) in [4.78, 5) is 6.09. The monoisotopic (exact) mass is 447 g/mol. The van der Waals surface area contributed by atoms with E-state index < -0.39 is 0 Å². The van der Waals surface area contributed by atoms with Crippen LogP contribution in [0.4, 0.5) is 0 Å². The Hall–Kier alpha value is -3.43. The van der Waals surface area contributed by atoms with Gasteiger partial charge < -0.3 is 4.42 Å². The third kappa shape index (κ3) is 3.27. The van der Waals surface area contributed by atoms with E-state index in [9.17, 15) is 0 Å². The molecule has 0 aliphatic heterocycles. The fraction of sp³-hybridized carbons (Fsp3) is 0.167. The highest BCUT2D eigenvalue weighted by molar-refractivity contribution is 7.22. The van der Waals surface area contributed by atoms with Gasteiger partial charge in [0.1, 0.15) is 11.3 Å². The molecule has 0 N–H and O–H groups in total. The first-order chi connectivity index (χ1) is 15.9. The largest absolute Gasteiger partial charge is 0.461 e. The molecule has 6 rings (SSSR count). The summed E-state index contributed by atoms with van der Waals surface area (Å²) < 4.78 is 7.27. The minimum absolute atomic E-state index is 0.0386. The number of benzene rings is 3. The number of pyridine rings is 1. The van der Waals surface area contributed by atoms with Crippen LogP contribution in [-0.4, -0.2) is 4.98 Å². The van der Waals surface area contributed by atoms with Crippen molar-refractivity contribution >= 4 is 43.2 Å². The molecule has 3 aromatic carbocycles. The molecule has 0 saturated carbocycles. The van der Waals surface area contributed by atoms with Gasteiger partial charge >= 0.3 is 0 Å². The number of furan rings is 1. The lowest BCUT2D eigenvalue weighted by atomic mass is 9.82. The highest BCUT2D eigenvalue weighted by Gasteiger charge is 2.21. The Morgan fingerprint density at radius 1 is 0.818 bits per heavy atom. The summed E-state index contributed by atoms with van der Waals surface area (Å²) in [5.74, 6) is 0.956. The van der Waals surface area contributed by atoms with Crippen molar-refractivity contribution in [1.29, 1.82) is 0 Å². The summed E-state index contributed by atoms with van der Waals surface area (Å²) in [5.41, 5.74) is 5.73. The molecule has 3 aromatic heterocycles. The van der Waals surface area contributed by atoms with E-state index >= 15 is 0 Å². The number of aryl methyl sites for hydroxylation is 1. The number of fused-ring (bicyclic) bond motifs is 3. The first-order valence-electron chi connectivity index (χ1n) is 11.3. The lowest BCUT2D eigenvalue weighted by Crippen LogP contribution is -2.12. The van der Waals surface area contributed by atoms with Crippen LogP contribution in [0, 0.1) is 6.92 Å². The molecular weight excluding hydrogens is 422 g/mol. The van der Waals surface area contributed by atoms with Gasteiger partial charge in [-0.2, -0.15) is 0 Å². The van der Waals surface area contributed by atoms with Crippen LogP contribution in [0.5, 0.6) is 0 Å². The summed E-state index contributed by atoms with van der Waals surface area (Å²) in [6.45, 7) is 8.89. The molecule has 0 saturated heterocycles. The molecule has 0 amide bonds. The van der Waals surface area contributed by atoms with E-state index in [1.807, 2.05) is 18.3 Å². The SMILES string of the molecule is Cc1oc2ccccc2c1-c1cc2ccnc(-c3cc(C(C)(C)C)c4ccccc4c3)c2s1. The van der Waals surface area contributed by atoms with Crippen molar-refractivity contribution in [2.45, 2.75) is 33.1 Å². The van der Waals surface area contributed by atoms with Gasteiger partial charge in [0.2, 0.25) is 0 Å². The molecule has 0 atom stereocenters. The normalized spacial score (nSPS) is 12.2. The zero-order valence-electron chi connectivity index (χ0n) is 19.3. The minimum atomic E-state index is 0.0386. The Balaban J connectivity index is 1.60. The average Bonchev–Trinajstić information content (AvgIpc) is 3.37. The second kappa shape index (κ2) is 7.29. The van der Waals surface area contributed by atoms with E-state index in [0.29, 0.717) is 0 Å².